The summed E-state index contributed by atoms with van der Waals surface area (Å²) in [5, 5.41) is 1.05. The van der Waals surface area contributed by atoms with Gasteiger partial charge in [-0.05, 0) is 73.5 Å². The number of hydrogen-bond donors (Lipinski definition) is 0. The largest absolute Gasteiger partial charge is 0.328 e. The highest BCUT2D eigenvalue weighted by Gasteiger charge is 2.29. The molecule has 0 fully saturated rings. The predicted octanol–water partition coefficient (Wildman–Crippen LogP) is 7.35. The van der Waals surface area contributed by atoms with E-state index in [1.807, 2.05) is 25.1 Å². The highest BCUT2D eigenvalue weighted by atomic mass is 35.5. The van der Waals surface area contributed by atoms with Gasteiger partial charge in [-0.25, -0.2) is 9.37 Å². The predicted molar refractivity (Wildman–Crippen MR) is 147 cm³/mol. The molecule has 0 aliphatic rings. The number of hydrogen-bond acceptors (Lipinski definition) is 3. The molecule has 37 heavy (non-hydrogen) atoms. The van der Waals surface area contributed by atoms with Crippen molar-refractivity contribution in [1.82, 2.24) is 14.5 Å². The second-order valence-corrected chi connectivity index (χ2v) is 9.53. The number of nitrogens with zero attached hydrogens (tertiary/aromatic N) is 3. The second-order valence-electron chi connectivity index (χ2n) is 9.09. The monoisotopic (exact) mass is 519 g/mol. The van der Waals surface area contributed by atoms with E-state index in [0.29, 0.717) is 46.0 Å². The summed E-state index contributed by atoms with van der Waals surface area (Å²) >= 11 is 6.13. The van der Waals surface area contributed by atoms with E-state index in [2.05, 4.69) is 6.92 Å². The van der Waals surface area contributed by atoms with Crippen molar-refractivity contribution >= 4 is 28.4 Å². The van der Waals surface area contributed by atoms with E-state index in [1.165, 1.54) is 24.3 Å². The minimum absolute atomic E-state index is 0.207. The highest BCUT2D eigenvalue weighted by Crippen LogP contribution is 2.28. The Bertz CT molecular complexity index is 1420. The molecule has 0 aliphatic heterocycles. The van der Waals surface area contributed by atoms with E-state index in [1.54, 1.807) is 39.8 Å². The van der Waals surface area contributed by atoms with E-state index in [4.69, 9.17) is 16.6 Å². The van der Waals surface area contributed by atoms with Crippen molar-refractivity contribution in [3.05, 3.63) is 105 Å². The normalized spacial score (nSPS) is 12.0. The minimum Gasteiger partial charge on any atom is -0.328 e. The first-order valence-corrected chi connectivity index (χ1v) is 13.2. The smallest absolute Gasteiger partial charge is 0.266 e. The molecular weight excluding hydrogens is 489 g/mol. The zero-order valence-corrected chi connectivity index (χ0v) is 21.9. The summed E-state index contributed by atoms with van der Waals surface area (Å²) in [6, 6.07) is 19.4. The quantitative estimate of drug-likeness (QED) is 0.206. The van der Waals surface area contributed by atoms with Crippen molar-refractivity contribution in [1.29, 1.82) is 0 Å². The summed E-state index contributed by atoms with van der Waals surface area (Å²) in [7, 11) is 0. The van der Waals surface area contributed by atoms with Crippen LogP contribution in [0.25, 0.3) is 16.6 Å². The van der Waals surface area contributed by atoms with Crippen molar-refractivity contribution in [3.63, 3.8) is 0 Å². The summed E-state index contributed by atoms with van der Waals surface area (Å²) in [5.41, 5.74) is 1.39. The zero-order chi connectivity index (χ0) is 26.4. The minimum atomic E-state index is -0.479. The second kappa shape index (κ2) is 12.2. The van der Waals surface area contributed by atoms with Gasteiger partial charge < -0.3 is 4.90 Å². The van der Waals surface area contributed by atoms with Crippen LogP contribution in [0.3, 0.4) is 0 Å². The van der Waals surface area contributed by atoms with Gasteiger partial charge in [0.25, 0.3) is 11.5 Å². The van der Waals surface area contributed by atoms with Gasteiger partial charge in [-0.15, -0.1) is 0 Å². The maximum atomic E-state index is 13.8. The maximum Gasteiger partial charge on any atom is 0.266 e. The number of amides is 1. The molecular formula is C30H31ClFN3O2. The van der Waals surface area contributed by atoms with Crippen LogP contribution < -0.4 is 5.56 Å². The summed E-state index contributed by atoms with van der Waals surface area (Å²) in [4.78, 5) is 34.3. The average molecular weight is 520 g/mol. The van der Waals surface area contributed by atoms with Gasteiger partial charge in [-0.1, -0.05) is 56.8 Å². The van der Waals surface area contributed by atoms with Gasteiger partial charge in [0.1, 0.15) is 11.6 Å². The van der Waals surface area contributed by atoms with Crippen LogP contribution in [0, 0.1) is 5.82 Å². The lowest BCUT2D eigenvalue weighted by molar-refractivity contribution is 0.0654. The van der Waals surface area contributed by atoms with E-state index in [-0.39, 0.29) is 11.5 Å². The number of unbranched alkanes of at least 4 members (excludes halogenated alkanes) is 3. The fourth-order valence-corrected chi connectivity index (χ4v) is 4.75. The number of aromatic nitrogens is 2. The molecule has 3 aromatic carbocycles. The van der Waals surface area contributed by atoms with Crippen LogP contribution in [-0.2, 0) is 0 Å². The fourth-order valence-electron chi connectivity index (χ4n) is 4.62. The molecule has 1 atom stereocenters. The van der Waals surface area contributed by atoms with Gasteiger partial charge in [0.15, 0.2) is 0 Å². The van der Waals surface area contributed by atoms with Crippen molar-refractivity contribution in [2.75, 3.05) is 6.54 Å². The maximum absolute atomic E-state index is 13.8. The molecule has 4 aromatic rings. The van der Waals surface area contributed by atoms with Gasteiger partial charge in [0, 0.05) is 17.1 Å². The molecule has 0 bridgehead atoms. The van der Waals surface area contributed by atoms with Crippen LogP contribution >= 0.6 is 11.6 Å². The first-order chi connectivity index (χ1) is 17.9. The van der Waals surface area contributed by atoms with Crippen LogP contribution in [0.5, 0.6) is 0 Å². The molecule has 5 nitrogen and oxygen atoms in total. The standard InChI is InChI=1S/C30H31ClFN3O2/c1-3-5-6-9-20-34(29(36)21-12-16-23(32)17-13-21)27(4-2)28-33-26-11-8-7-10-25(26)30(37)35(28)24-18-14-22(31)15-19-24/h7-8,10-19,27H,3-6,9,20H2,1-2H3. The molecule has 0 saturated carbocycles. The van der Waals surface area contributed by atoms with Crippen molar-refractivity contribution < 1.29 is 9.18 Å². The molecule has 7 heteroatoms. The van der Waals surface area contributed by atoms with Gasteiger partial charge in [0.2, 0.25) is 0 Å². The lowest BCUT2D eigenvalue weighted by atomic mass is 10.1. The number of para-hydroxylation sites is 1. The van der Waals surface area contributed by atoms with Crippen LogP contribution in [-0.4, -0.2) is 26.9 Å². The molecule has 1 amide bonds. The Morgan fingerprint density at radius 2 is 1.68 bits per heavy atom. The number of benzene rings is 3. The van der Waals surface area contributed by atoms with E-state index in [9.17, 15) is 14.0 Å². The highest BCUT2D eigenvalue weighted by molar-refractivity contribution is 6.30. The first-order valence-electron chi connectivity index (χ1n) is 12.8. The number of carbonyl (C=O) groups excluding carboxylic acids is 1. The Morgan fingerprint density at radius 1 is 0.973 bits per heavy atom. The summed E-state index contributed by atoms with van der Waals surface area (Å²) in [5.74, 6) is -0.126. The van der Waals surface area contributed by atoms with Gasteiger partial charge in [-0.2, -0.15) is 0 Å². The van der Waals surface area contributed by atoms with Gasteiger partial charge >= 0.3 is 0 Å². The molecule has 192 valence electrons. The zero-order valence-electron chi connectivity index (χ0n) is 21.2. The Morgan fingerprint density at radius 3 is 2.35 bits per heavy atom. The van der Waals surface area contributed by atoms with E-state index < -0.39 is 11.9 Å². The van der Waals surface area contributed by atoms with E-state index in [0.717, 1.165) is 25.7 Å². The van der Waals surface area contributed by atoms with Crippen molar-refractivity contribution in [2.24, 2.45) is 0 Å². The van der Waals surface area contributed by atoms with E-state index >= 15 is 0 Å². The lowest BCUT2D eigenvalue weighted by Gasteiger charge is -2.32. The molecule has 4 rings (SSSR count). The summed E-state index contributed by atoms with van der Waals surface area (Å²) < 4.78 is 15.2. The Hall–Kier alpha value is -3.51. The summed E-state index contributed by atoms with van der Waals surface area (Å²) in [6.45, 7) is 4.62. The van der Waals surface area contributed by atoms with Crippen LogP contribution in [0.4, 0.5) is 4.39 Å². The number of rotatable bonds is 10. The Labute approximate surface area is 221 Å². The van der Waals surface area contributed by atoms with Crippen LogP contribution in [0.2, 0.25) is 5.02 Å². The molecule has 1 heterocycles. The van der Waals surface area contributed by atoms with Crippen LogP contribution in [0.1, 0.15) is 68.2 Å². The van der Waals surface area contributed by atoms with Crippen LogP contribution in [0.15, 0.2) is 77.6 Å². The number of halogens is 2. The Kier molecular flexibility index (Phi) is 8.72. The molecule has 0 radical (unpaired) electrons. The molecule has 1 aromatic heterocycles. The molecule has 0 spiro atoms. The van der Waals surface area contributed by atoms with Gasteiger partial charge in [-0.3, -0.25) is 14.2 Å². The van der Waals surface area contributed by atoms with Gasteiger partial charge in [0.05, 0.1) is 22.6 Å². The third-order valence-electron chi connectivity index (χ3n) is 6.55. The third kappa shape index (κ3) is 5.91. The summed E-state index contributed by atoms with van der Waals surface area (Å²) in [6.07, 6.45) is 4.48. The lowest BCUT2D eigenvalue weighted by Crippen LogP contribution is -2.39. The number of fused-ring (bicyclic) bond motifs is 1. The average Bonchev–Trinajstić information content (AvgIpc) is 2.91. The molecule has 0 aliphatic carbocycles. The SMILES string of the molecule is CCCCCCN(C(=O)c1ccc(F)cc1)C(CC)c1nc2ccccc2c(=O)n1-c1ccc(Cl)cc1. The topological polar surface area (TPSA) is 55.2 Å². The fraction of sp³-hybridized carbons (Fsp3) is 0.300. The first kappa shape index (κ1) is 26.6. The third-order valence-corrected chi connectivity index (χ3v) is 6.80. The molecule has 0 N–H and O–H groups in total. The molecule has 1 unspecified atom stereocenters. The van der Waals surface area contributed by atoms with Crippen molar-refractivity contribution in [3.8, 4) is 5.69 Å². The molecule has 0 saturated heterocycles. The number of carbonyl (C=O) groups is 1. The Balaban J connectivity index is 1.88. The van der Waals surface area contributed by atoms with Crippen molar-refractivity contribution in [2.45, 2.75) is 52.0 Å².